The molecule has 2 rings (SSSR count). The first-order chi connectivity index (χ1) is 9.56. The lowest BCUT2D eigenvalue weighted by Gasteiger charge is -2.23. The topological polar surface area (TPSA) is 41.1 Å². The highest BCUT2D eigenvalue weighted by atomic mass is 79.9. The van der Waals surface area contributed by atoms with Crippen LogP contribution in [0.5, 0.6) is 0 Å². The van der Waals surface area contributed by atoms with Crippen molar-refractivity contribution in [1.82, 2.24) is 10.6 Å². The highest BCUT2D eigenvalue weighted by Gasteiger charge is 2.15. The summed E-state index contributed by atoms with van der Waals surface area (Å²) in [6.07, 6.45) is 2.23. The molecule has 1 saturated heterocycles. The maximum absolute atomic E-state index is 12.0. The number of amides is 1. The van der Waals surface area contributed by atoms with Gasteiger partial charge in [0, 0.05) is 22.0 Å². The minimum absolute atomic E-state index is 0. The van der Waals surface area contributed by atoms with E-state index in [1.54, 1.807) is 11.8 Å². The fraction of sp³-hybridized carbons (Fsp3) is 0.533. The molecule has 1 heterocycles. The second kappa shape index (κ2) is 9.03. The quantitative estimate of drug-likeness (QED) is 0.770. The maximum atomic E-state index is 12.0. The van der Waals surface area contributed by atoms with Crippen LogP contribution in [0.4, 0.5) is 0 Å². The molecular formula is C15H22BrClN2OS. The van der Waals surface area contributed by atoms with E-state index >= 15 is 0 Å². The fourth-order valence-electron chi connectivity index (χ4n) is 2.30. The number of carbonyl (C=O) groups excluding carboxylic acids is 1. The Labute approximate surface area is 145 Å². The molecule has 118 valence electrons. The van der Waals surface area contributed by atoms with Gasteiger partial charge in [-0.25, -0.2) is 0 Å². The van der Waals surface area contributed by atoms with Gasteiger partial charge in [-0.15, -0.1) is 24.2 Å². The molecule has 0 aromatic heterocycles. The monoisotopic (exact) mass is 392 g/mol. The Morgan fingerprint density at radius 1 is 1.43 bits per heavy atom. The van der Waals surface area contributed by atoms with E-state index in [0.29, 0.717) is 11.8 Å². The number of thioether (sulfide) groups is 1. The normalized spacial score (nSPS) is 18.0. The Morgan fingerprint density at radius 3 is 2.86 bits per heavy atom. The van der Waals surface area contributed by atoms with Crippen LogP contribution in [0.1, 0.15) is 24.0 Å². The molecule has 3 nitrogen and oxygen atoms in total. The van der Waals surface area contributed by atoms with Crippen molar-refractivity contribution in [3.8, 4) is 0 Å². The third-order valence-electron chi connectivity index (χ3n) is 3.48. The second-order valence-electron chi connectivity index (χ2n) is 5.27. The number of hydrogen-bond donors (Lipinski definition) is 2. The minimum atomic E-state index is 0. The Balaban J connectivity index is 0.00000220. The van der Waals surface area contributed by atoms with Crippen molar-refractivity contribution in [3.63, 3.8) is 0 Å². The van der Waals surface area contributed by atoms with Gasteiger partial charge in [-0.1, -0.05) is 15.9 Å². The molecule has 0 spiro atoms. The van der Waals surface area contributed by atoms with Gasteiger partial charge >= 0.3 is 0 Å². The van der Waals surface area contributed by atoms with Crippen LogP contribution in [-0.4, -0.2) is 30.8 Å². The molecule has 1 aromatic rings. The van der Waals surface area contributed by atoms with E-state index in [-0.39, 0.29) is 18.3 Å². The summed E-state index contributed by atoms with van der Waals surface area (Å²) in [7, 11) is 0. The Kier molecular flexibility index (Phi) is 8.09. The van der Waals surface area contributed by atoms with Gasteiger partial charge in [-0.05, 0) is 56.5 Å². The fourth-order valence-corrected chi connectivity index (χ4v) is 3.67. The molecule has 6 heteroatoms. The largest absolute Gasteiger partial charge is 0.351 e. The van der Waals surface area contributed by atoms with Crippen LogP contribution in [-0.2, 0) is 4.79 Å². The zero-order valence-corrected chi connectivity index (χ0v) is 15.6. The average molecular weight is 394 g/mol. The van der Waals surface area contributed by atoms with Gasteiger partial charge in [-0.3, -0.25) is 4.79 Å². The van der Waals surface area contributed by atoms with Crippen molar-refractivity contribution in [2.75, 3.05) is 18.8 Å². The molecule has 1 aliphatic heterocycles. The van der Waals surface area contributed by atoms with Gasteiger partial charge in [0.05, 0.1) is 5.75 Å². The molecule has 0 unspecified atom stereocenters. The Morgan fingerprint density at radius 2 is 2.19 bits per heavy atom. The first-order valence-corrected chi connectivity index (χ1v) is 8.74. The smallest absolute Gasteiger partial charge is 0.230 e. The summed E-state index contributed by atoms with van der Waals surface area (Å²) in [6, 6.07) is 4.55. The summed E-state index contributed by atoms with van der Waals surface area (Å²) in [5.41, 5.74) is 2.41. The summed E-state index contributed by atoms with van der Waals surface area (Å²) in [4.78, 5) is 13.2. The van der Waals surface area contributed by atoms with Crippen LogP contribution in [0.15, 0.2) is 21.5 Å². The zero-order chi connectivity index (χ0) is 14.5. The Bertz CT molecular complexity index is 493. The van der Waals surface area contributed by atoms with E-state index in [2.05, 4.69) is 52.5 Å². The number of rotatable bonds is 4. The van der Waals surface area contributed by atoms with Crippen molar-refractivity contribution >= 4 is 46.0 Å². The van der Waals surface area contributed by atoms with Crippen LogP contribution in [0.3, 0.4) is 0 Å². The molecule has 21 heavy (non-hydrogen) atoms. The lowest BCUT2D eigenvalue weighted by atomic mass is 10.1. The molecular weight excluding hydrogens is 372 g/mol. The molecule has 0 radical (unpaired) electrons. The summed E-state index contributed by atoms with van der Waals surface area (Å²) < 4.78 is 1.12. The average Bonchev–Trinajstić information content (AvgIpc) is 2.42. The summed E-state index contributed by atoms with van der Waals surface area (Å²) in [5, 5.41) is 6.41. The second-order valence-corrected chi connectivity index (χ2v) is 7.14. The van der Waals surface area contributed by atoms with E-state index in [1.807, 2.05) is 0 Å². The minimum Gasteiger partial charge on any atom is -0.351 e. The highest BCUT2D eigenvalue weighted by Crippen LogP contribution is 2.28. The number of hydrogen-bond acceptors (Lipinski definition) is 3. The lowest BCUT2D eigenvalue weighted by molar-refractivity contribution is -0.119. The number of halogens is 2. The van der Waals surface area contributed by atoms with Gasteiger partial charge in [0.1, 0.15) is 0 Å². The van der Waals surface area contributed by atoms with Crippen molar-refractivity contribution in [2.45, 2.75) is 37.6 Å². The molecule has 1 amide bonds. The van der Waals surface area contributed by atoms with E-state index in [4.69, 9.17) is 0 Å². The van der Waals surface area contributed by atoms with Gasteiger partial charge in [0.2, 0.25) is 5.91 Å². The molecule has 2 N–H and O–H groups in total. The third kappa shape index (κ3) is 5.81. The summed E-state index contributed by atoms with van der Waals surface area (Å²) in [6.45, 7) is 6.11. The number of aryl methyl sites for hydroxylation is 2. The SMILES string of the molecule is Cc1cc(SCC(=O)N[C@H]2CCCNC2)c(C)cc1Br.Cl. The van der Waals surface area contributed by atoms with Gasteiger partial charge in [0.25, 0.3) is 0 Å². The number of carbonyl (C=O) groups is 1. The molecule has 1 fully saturated rings. The first kappa shape index (κ1) is 18.8. The predicted octanol–water partition coefficient (Wildman–Crippen LogP) is 3.45. The van der Waals surface area contributed by atoms with Gasteiger partial charge in [-0.2, -0.15) is 0 Å². The predicted molar refractivity (Wildman–Crippen MR) is 95.6 cm³/mol. The first-order valence-electron chi connectivity index (χ1n) is 6.96. The van der Waals surface area contributed by atoms with E-state index < -0.39 is 0 Å². The standard InChI is InChI=1S/C15H21BrN2OS.ClH/c1-10-7-14(11(2)6-13(10)16)20-9-15(19)18-12-4-3-5-17-8-12;/h6-7,12,17H,3-5,8-9H2,1-2H3,(H,18,19);1H/t12-;/m0./s1. The zero-order valence-electron chi connectivity index (χ0n) is 12.4. The third-order valence-corrected chi connectivity index (χ3v) is 5.49. The molecule has 0 bridgehead atoms. The molecule has 0 aliphatic carbocycles. The van der Waals surface area contributed by atoms with Gasteiger partial charge in [0.15, 0.2) is 0 Å². The van der Waals surface area contributed by atoms with Gasteiger partial charge < -0.3 is 10.6 Å². The maximum Gasteiger partial charge on any atom is 0.230 e. The van der Waals surface area contributed by atoms with Crippen molar-refractivity contribution in [3.05, 3.63) is 27.7 Å². The van der Waals surface area contributed by atoms with E-state index in [1.165, 1.54) is 16.0 Å². The Hall–Kier alpha value is -0.230. The van der Waals surface area contributed by atoms with Crippen molar-refractivity contribution in [1.29, 1.82) is 0 Å². The van der Waals surface area contributed by atoms with Crippen LogP contribution < -0.4 is 10.6 Å². The summed E-state index contributed by atoms with van der Waals surface area (Å²) >= 11 is 5.14. The van der Waals surface area contributed by atoms with Crippen molar-refractivity contribution in [2.24, 2.45) is 0 Å². The number of nitrogens with one attached hydrogen (secondary N) is 2. The molecule has 1 aliphatic rings. The molecule has 1 atom stereocenters. The van der Waals surface area contributed by atoms with Crippen LogP contribution >= 0.6 is 40.1 Å². The van der Waals surface area contributed by atoms with Crippen LogP contribution in [0, 0.1) is 13.8 Å². The van der Waals surface area contributed by atoms with E-state index in [9.17, 15) is 4.79 Å². The van der Waals surface area contributed by atoms with Crippen LogP contribution in [0.2, 0.25) is 0 Å². The lowest BCUT2D eigenvalue weighted by Crippen LogP contribution is -2.46. The highest BCUT2D eigenvalue weighted by molar-refractivity contribution is 9.10. The number of piperidine rings is 1. The molecule has 0 saturated carbocycles. The van der Waals surface area contributed by atoms with Crippen LogP contribution in [0.25, 0.3) is 0 Å². The number of benzene rings is 1. The summed E-state index contributed by atoms with van der Waals surface area (Å²) in [5.74, 6) is 0.613. The molecule has 1 aromatic carbocycles. The van der Waals surface area contributed by atoms with E-state index in [0.717, 1.165) is 30.4 Å². The van der Waals surface area contributed by atoms with Crippen molar-refractivity contribution < 1.29 is 4.79 Å².